The van der Waals surface area contributed by atoms with Crippen molar-refractivity contribution in [3.63, 3.8) is 0 Å². The normalized spacial score (nSPS) is 41.5. The molecule has 1 saturated carbocycles. The number of para-hydroxylation sites is 1. The van der Waals surface area contributed by atoms with Gasteiger partial charge in [-0.15, -0.1) is 0 Å². The molecule has 2 N–H and O–H groups in total. The van der Waals surface area contributed by atoms with E-state index >= 15 is 0 Å². The third kappa shape index (κ3) is 1.58. The van der Waals surface area contributed by atoms with E-state index in [1.54, 1.807) is 0 Å². The number of nitrogens with one attached hydrogen (secondary N) is 1. The van der Waals surface area contributed by atoms with E-state index in [1.165, 1.54) is 18.2 Å². The van der Waals surface area contributed by atoms with Crippen LogP contribution in [0, 0.1) is 11.3 Å². The number of esters is 1. The van der Waals surface area contributed by atoms with Crippen LogP contribution in [0.15, 0.2) is 35.9 Å². The predicted octanol–water partition coefficient (Wildman–Crippen LogP) is 1.92. The maximum absolute atomic E-state index is 13.4. The number of allylic oxidation sites excluding steroid dienone is 1. The summed E-state index contributed by atoms with van der Waals surface area (Å²) in [6.07, 6.45) is 3.90. The number of carbonyl (C=O) groups excluding carboxylic acids is 1. The van der Waals surface area contributed by atoms with Gasteiger partial charge in [0, 0.05) is 29.6 Å². The molecule has 3 heterocycles. The fraction of sp³-hybridized carbons (Fsp3) is 0.571. The van der Waals surface area contributed by atoms with Gasteiger partial charge in [0.1, 0.15) is 5.41 Å². The lowest BCUT2D eigenvalue weighted by atomic mass is 9.42. The highest BCUT2D eigenvalue weighted by molar-refractivity contribution is 5.84. The molecule has 0 aromatic heterocycles. The minimum absolute atomic E-state index is 0.0238. The first-order chi connectivity index (χ1) is 12.6. The average molecular weight is 354 g/mol. The van der Waals surface area contributed by atoms with Crippen molar-refractivity contribution in [2.24, 2.45) is 11.3 Å². The van der Waals surface area contributed by atoms with E-state index in [0.717, 1.165) is 31.6 Å². The summed E-state index contributed by atoms with van der Waals surface area (Å²) in [5.41, 5.74) is 2.19. The monoisotopic (exact) mass is 354 g/mol. The highest BCUT2D eigenvalue weighted by Crippen LogP contribution is 2.67. The van der Waals surface area contributed by atoms with Crippen molar-refractivity contribution in [3.8, 4) is 0 Å². The fourth-order valence-electron chi connectivity index (χ4n) is 6.77. The van der Waals surface area contributed by atoms with Gasteiger partial charge in [-0.1, -0.05) is 29.8 Å². The number of fused-ring (bicyclic) bond motifs is 2. The van der Waals surface area contributed by atoms with E-state index < -0.39 is 10.8 Å². The number of nitrogens with zero attached hydrogens (tertiary/aromatic N) is 1. The second-order valence-corrected chi connectivity index (χ2v) is 8.20. The molecule has 26 heavy (non-hydrogen) atoms. The van der Waals surface area contributed by atoms with Gasteiger partial charge in [-0.25, -0.2) is 0 Å². The topological polar surface area (TPSA) is 61.8 Å². The summed E-state index contributed by atoms with van der Waals surface area (Å²) in [4.78, 5) is 15.9. The zero-order valence-corrected chi connectivity index (χ0v) is 15.4. The second-order valence-electron chi connectivity index (χ2n) is 8.20. The average Bonchev–Trinajstić information content (AvgIpc) is 3.04. The Bertz CT molecular complexity index is 806. The number of methoxy groups -OCH3 is 1. The summed E-state index contributed by atoms with van der Waals surface area (Å²) in [7, 11) is 1.46. The van der Waals surface area contributed by atoms with Gasteiger partial charge in [-0.3, -0.25) is 9.69 Å². The van der Waals surface area contributed by atoms with Gasteiger partial charge in [-0.2, -0.15) is 0 Å². The van der Waals surface area contributed by atoms with E-state index in [9.17, 15) is 9.90 Å². The molecular weight excluding hydrogens is 328 g/mol. The zero-order valence-electron chi connectivity index (χ0n) is 15.4. The van der Waals surface area contributed by atoms with Gasteiger partial charge in [0.15, 0.2) is 0 Å². The zero-order chi connectivity index (χ0) is 18.1. The molecule has 2 saturated heterocycles. The molecule has 5 unspecified atom stereocenters. The van der Waals surface area contributed by atoms with Crippen molar-refractivity contribution in [2.75, 3.05) is 32.1 Å². The number of anilines is 1. The summed E-state index contributed by atoms with van der Waals surface area (Å²) in [6, 6.07) is 8.84. The van der Waals surface area contributed by atoms with Crippen LogP contribution in [-0.2, 0) is 14.9 Å². The lowest BCUT2D eigenvalue weighted by molar-refractivity contribution is -0.184. The Balaban J connectivity index is 1.84. The van der Waals surface area contributed by atoms with E-state index in [1.807, 2.05) is 12.1 Å². The number of carbonyl (C=O) groups is 1. The number of piperidine rings is 2. The van der Waals surface area contributed by atoms with Crippen molar-refractivity contribution in [1.29, 1.82) is 0 Å². The van der Waals surface area contributed by atoms with Gasteiger partial charge in [0.25, 0.3) is 0 Å². The summed E-state index contributed by atoms with van der Waals surface area (Å²) in [6.45, 7) is 3.70. The van der Waals surface area contributed by atoms with E-state index in [2.05, 4.69) is 35.3 Å². The van der Waals surface area contributed by atoms with Crippen LogP contribution in [0.5, 0.6) is 0 Å². The van der Waals surface area contributed by atoms with Gasteiger partial charge in [0.2, 0.25) is 0 Å². The molecule has 1 aliphatic carbocycles. The Morgan fingerprint density at radius 2 is 2.27 bits per heavy atom. The van der Waals surface area contributed by atoms with Crippen LogP contribution in [0.3, 0.4) is 0 Å². The first-order valence-corrected chi connectivity index (χ1v) is 9.58. The minimum atomic E-state index is -0.934. The van der Waals surface area contributed by atoms with Crippen LogP contribution in [0.25, 0.3) is 0 Å². The number of aliphatic hydroxyl groups excluding tert-OH is 1. The smallest absolute Gasteiger partial charge is 0.315 e. The molecule has 5 rings (SSSR count). The van der Waals surface area contributed by atoms with Crippen molar-refractivity contribution >= 4 is 11.7 Å². The maximum atomic E-state index is 13.4. The molecule has 138 valence electrons. The molecule has 0 amide bonds. The van der Waals surface area contributed by atoms with Crippen molar-refractivity contribution in [1.82, 2.24) is 4.90 Å². The molecule has 1 aromatic carbocycles. The maximum Gasteiger partial charge on any atom is 0.315 e. The van der Waals surface area contributed by atoms with Crippen LogP contribution in [-0.4, -0.2) is 54.9 Å². The fourth-order valence-corrected chi connectivity index (χ4v) is 6.77. The van der Waals surface area contributed by atoms with Crippen LogP contribution in [0.1, 0.15) is 25.3 Å². The van der Waals surface area contributed by atoms with Crippen LogP contribution >= 0.6 is 0 Å². The number of rotatable bonds is 2. The number of hydrogen-bond donors (Lipinski definition) is 2. The lowest BCUT2D eigenvalue weighted by Crippen LogP contribution is -2.77. The largest absolute Gasteiger partial charge is 0.468 e. The van der Waals surface area contributed by atoms with Crippen molar-refractivity contribution in [2.45, 2.75) is 37.3 Å². The molecule has 5 heteroatoms. The highest BCUT2D eigenvalue weighted by Gasteiger charge is 2.74. The molecule has 3 bridgehead atoms. The van der Waals surface area contributed by atoms with Crippen LogP contribution in [0.2, 0.25) is 0 Å². The first-order valence-electron chi connectivity index (χ1n) is 9.58. The molecule has 1 aromatic rings. The summed E-state index contributed by atoms with van der Waals surface area (Å²) in [5.74, 6) is -0.239. The molecule has 3 aliphatic heterocycles. The molecule has 0 radical (unpaired) electrons. The first kappa shape index (κ1) is 16.3. The highest BCUT2D eigenvalue weighted by atomic mass is 16.5. The predicted molar refractivity (Wildman–Crippen MR) is 98.9 cm³/mol. The summed E-state index contributed by atoms with van der Waals surface area (Å²) >= 11 is 0. The van der Waals surface area contributed by atoms with Crippen molar-refractivity contribution < 1.29 is 14.6 Å². The Morgan fingerprint density at radius 1 is 1.46 bits per heavy atom. The number of hydrogen-bond acceptors (Lipinski definition) is 5. The van der Waals surface area contributed by atoms with Crippen LogP contribution < -0.4 is 5.32 Å². The summed E-state index contributed by atoms with van der Waals surface area (Å²) < 4.78 is 5.37. The minimum Gasteiger partial charge on any atom is -0.468 e. The van der Waals surface area contributed by atoms with E-state index in [0.29, 0.717) is 6.04 Å². The molecule has 5 atom stereocenters. The molecule has 5 nitrogen and oxygen atoms in total. The molecule has 0 spiro atoms. The quantitative estimate of drug-likeness (QED) is 0.628. The third-order valence-electron chi connectivity index (χ3n) is 7.77. The SMILES string of the molecule is CC=C1CN2CCC34c5ccccc5NC3C2CC1C4(CO)C(=O)OC. The Morgan fingerprint density at radius 3 is 3.00 bits per heavy atom. The van der Waals surface area contributed by atoms with Gasteiger partial charge in [-0.05, 0) is 37.9 Å². The van der Waals surface area contributed by atoms with Crippen molar-refractivity contribution in [3.05, 3.63) is 41.5 Å². The Kier molecular flexibility index (Phi) is 3.35. The molecule has 4 aliphatic rings. The van der Waals surface area contributed by atoms with Gasteiger partial charge >= 0.3 is 5.97 Å². The standard InChI is InChI=1S/C21H26N2O3/c1-3-13-11-23-9-8-20-14-6-4-5-7-16(14)22-18(20)17(23)10-15(13)21(20,12-24)19(25)26-2/h3-7,15,17-18,22,24H,8-12H2,1-2H3. The number of benzene rings is 1. The molecular formula is C21H26N2O3. The summed E-state index contributed by atoms with van der Waals surface area (Å²) in [5, 5.41) is 14.5. The van der Waals surface area contributed by atoms with Gasteiger partial charge < -0.3 is 15.2 Å². The molecule has 3 fully saturated rings. The Labute approximate surface area is 154 Å². The third-order valence-corrected chi connectivity index (χ3v) is 7.77. The van der Waals surface area contributed by atoms with E-state index in [4.69, 9.17) is 4.74 Å². The number of ether oxygens (including phenoxy) is 1. The number of aliphatic hydroxyl groups is 1. The lowest BCUT2D eigenvalue weighted by Gasteiger charge is -2.66. The van der Waals surface area contributed by atoms with E-state index in [-0.39, 0.29) is 24.5 Å². The van der Waals surface area contributed by atoms with Crippen LogP contribution in [0.4, 0.5) is 5.69 Å². The second kappa shape index (κ2) is 5.33. The van der Waals surface area contributed by atoms with Gasteiger partial charge in [0.05, 0.1) is 19.8 Å². The Hall–Kier alpha value is -1.85.